The molecule has 33 heavy (non-hydrogen) atoms. The maximum absolute atomic E-state index is 13.6. The molecule has 0 heterocycles. The van der Waals surface area contributed by atoms with Crippen LogP contribution in [0.2, 0.25) is 10.0 Å². The Kier molecular flexibility index (Phi) is 6.14. The molecule has 0 aliphatic heterocycles. The number of benzene rings is 3. The summed E-state index contributed by atoms with van der Waals surface area (Å²) in [5, 5.41) is 0.128. The Hall–Kier alpha value is -3.74. The molecule has 3 aromatic carbocycles. The summed E-state index contributed by atoms with van der Waals surface area (Å²) in [6.45, 7) is 0. The minimum absolute atomic E-state index is 0.0402. The minimum Gasteiger partial charge on any atom is -0.491 e. The van der Waals surface area contributed by atoms with Gasteiger partial charge >= 0.3 is 0 Å². The van der Waals surface area contributed by atoms with Crippen molar-refractivity contribution in [1.82, 2.24) is 4.90 Å². The molecule has 0 saturated carbocycles. The predicted molar refractivity (Wildman–Crippen MR) is 123 cm³/mol. The first kappa shape index (κ1) is 22.5. The third kappa shape index (κ3) is 3.84. The summed E-state index contributed by atoms with van der Waals surface area (Å²) in [5.41, 5.74) is -0.431. The third-order valence-electron chi connectivity index (χ3n) is 5.10. The maximum atomic E-state index is 13.6. The van der Waals surface area contributed by atoms with Crippen molar-refractivity contribution in [3.05, 3.63) is 117 Å². The van der Waals surface area contributed by atoms with E-state index in [2.05, 4.69) is 0 Å². The lowest BCUT2D eigenvalue weighted by Gasteiger charge is -2.28. The monoisotopic (exact) mass is 479 g/mol. The molecule has 1 aliphatic rings. The zero-order valence-corrected chi connectivity index (χ0v) is 18.7. The van der Waals surface area contributed by atoms with Crippen LogP contribution in [0, 0.1) is 0 Å². The van der Waals surface area contributed by atoms with Gasteiger partial charge in [-0.15, -0.1) is 0 Å². The van der Waals surface area contributed by atoms with Crippen LogP contribution in [0.15, 0.2) is 84.3 Å². The second-order valence-corrected chi connectivity index (χ2v) is 7.81. The second-order valence-electron chi connectivity index (χ2n) is 6.99. The summed E-state index contributed by atoms with van der Waals surface area (Å²) >= 11 is 12.4. The summed E-state index contributed by atoms with van der Waals surface area (Å²) in [5.74, 6) is -3.60. The number of ketones is 2. The van der Waals surface area contributed by atoms with Gasteiger partial charge in [0.25, 0.3) is 11.8 Å². The summed E-state index contributed by atoms with van der Waals surface area (Å²) in [4.78, 5) is 54.5. The van der Waals surface area contributed by atoms with Crippen LogP contribution in [-0.4, -0.2) is 35.4 Å². The number of hydrogen-bond acceptors (Lipinski definition) is 5. The van der Waals surface area contributed by atoms with Gasteiger partial charge in [-0.3, -0.25) is 19.2 Å². The first-order valence-electron chi connectivity index (χ1n) is 9.71. The number of carbonyl (C=O) groups is 4. The van der Waals surface area contributed by atoms with E-state index in [1.807, 2.05) is 0 Å². The highest BCUT2D eigenvalue weighted by molar-refractivity contribution is 6.37. The summed E-state index contributed by atoms with van der Waals surface area (Å²) in [6.07, 6.45) is 0. The van der Waals surface area contributed by atoms with E-state index >= 15 is 0 Å². The van der Waals surface area contributed by atoms with E-state index in [4.69, 9.17) is 27.9 Å². The fourth-order valence-electron chi connectivity index (χ4n) is 3.54. The number of carbonyl (C=O) groups excluding carboxylic acids is 4. The van der Waals surface area contributed by atoms with E-state index in [-0.39, 0.29) is 32.3 Å². The molecule has 0 atom stereocenters. The van der Waals surface area contributed by atoms with Gasteiger partial charge < -0.3 is 4.74 Å². The fraction of sp³-hybridized carbons (Fsp3) is 0.0400. The lowest BCUT2D eigenvalue weighted by Crippen LogP contribution is -2.42. The van der Waals surface area contributed by atoms with Crippen LogP contribution in [-0.2, 0) is 4.74 Å². The van der Waals surface area contributed by atoms with Crippen molar-refractivity contribution in [1.29, 1.82) is 0 Å². The molecule has 0 radical (unpaired) electrons. The van der Waals surface area contributed by atoms with Crippen molar-refractivity contribution < 1.29 is 23.9 Å². The average Bonchev–Trinajstić information content (AvgIpc) is 2.83. The number of nitrogens with zero attached hydrogens (tertiary/aromatic N) is 1. The van der Waals surface area contributed by atoms with Crippen LogP contribution in [0.3, 0.4) is 0 Å². The predicted octanol–water partition coefficient (Wildman–Crippen LogP) is 5.21. The Morgan fingerprint density at radius 3 is 1.58 bits per heavy atom. The molecule has 3 aromatic rings. The molecule has 0 unspecified atom stereocenters. The van der Waals surface area contributed by atoms with Crippen LogP contribution < -0.4 is 0 Å². The normalized spacial score (nSPS) is 12.9. The van der Waals surface area contributed by atoms with E-state index in [0.29, 0.717) is 4.90 Å². The molecule has 0 N–H and O–H groups in total. The number of fused-ring (bicyclic) bond motifs is 1. The number of halogens is 2. The molecule has 164 valence electrons. The largest absolute Gasteiger partial charge is 0.491 e. The highest BCUT2D eigenvalue weighted by atomic mass is 35.5. The standard InChI is InChI=1S/C25H15Cl2NO5/c1-33-23-20(21(29)14-8-2-3-9-15(14)22(23)30)28(24(31)16-10-4-6-12-18(16)26)25(32)17-11-5-7-13-19(17)27/h2-13H,1H3. The Balaban J connectivity index is 1.98. The molecular formula is C25H15Cl2NO5. The maximum Gasteiger partial charge on any atom is 0.267 e. The Labute approximate surface area is 199 Å². The van der Waals surface area contributed by atoms with Gasteiger partial charge in [0.15, 0.2) is 5.76 Å². The zero-order valence-electron chi connectivity index (χ0n) is 17.2. The van der Waals surface area contributed by atoms with Gasteiger partial charge in [0.05, 0.1) is 28.3 Å². The Morgan fingerprint density at radius 1 is 0.697 bits per heavy atom. The van der Waals surface area contributed by atoms with Crippen molar-refractivity contribution in [2.75, 3.05) is 7.11 Å². The van der Waals surface area contributed by atoms with Crippen LogP contribution in [0.1, 0.15) is 41.4 Å². The highest BCUT2D eigenvalue weighted by Crippen LogP contribution is 2.32. The molecule has 1 aliphatic carbocycles. The molecule has 2 amide bonds. The Morgan fingerprint density at radius 2 is 1.12 bits per heavy atom. The van der Waals surface area contributed by atoms with Crippen LogP contribution >= 0.6 is 23.2 Å². The number of amides is 2. The van der Waals surface area contributed by atoms with Gasteiger partial charge in [0.1, 0.15) is 5.70 Å². The van der Waals surface area contributed by atoms with Crippen molar-refractivity contribution >= 4 is 46.6 Å². The van der Waals surface area contributed by atoms with Gasteiger partial charge in [-0.25, -0.2) is 4.90 Å². The quantitative estimate of drug-likeness (QED) is 0.479. The summed E-state index contributed by atoms with van der Waals surface area (Å²) in [7, 11) is 1.19. The summed E-state index contributed by atoms with van der Waals surface area (Å²) < 4.78 is 5.25. The Bertz CT molecular complexity index is 1300. The smallest absolute Gasteiger partial charge is 0.267 e. The van der Waals surface area contributed by atoms with Gasteiger partial charge in [-0.2, -0.15) is 0 Å². The molecule has 4 rings (SSSR count). The van der Waals surface area contributed by atoms with Gasteiger partial charge in [-0.1, -0.05) is 71.7 Å². The number of ether oxygens (including phenoxy) is 1. The lowest BCUT2D eigenvalue weighted by molar-refractivity contribution is 0.0624. The first-order chi connectivity index (χ1) is 15.9. The summed E-state index contributed by atoms with van der Waals surface area (Å²) in [6, 6.07) is 18.2. The molecular weight excluding hydrogens is 465 g/mol. The van der Waals surface area contributed by atoms with E-state index in [1.54, 1.807) is 36.4 Å². The van der Waals surface area contributed by atoms with Crippen LogP contribution in [0.4, 0.5) is 0 Å². The molecule has 0 fully saturated rings. The van der Waals surface area contributed by atoms with E-state index in [0.717, 1.165) is 0 Å². The van der Waals surface area contributed by atoms with Crippen molar-refractivity contribution in [2.24, 2.45) is 0 Å². The van der Waals surface area contributed by atoms with E-state index in [1.165, 1.54) is 43.5 Å². The van der Waals surface area contributed by atoms with Crippen molar-refractivity contribution in [3.8, 4) is 0 Å². The topological polar surface area (TPSA) is 80.8 Å². The third-order valence-corrected chi connectivity index (χ3v) is 5.75. The number of hydrogen-bond donors (Lipinski definition) is 0. The minimum atomic E-state index is -0.907. The SMILES string of the molecule is COC1=C(N(C(=O)c2ccccc2Cl)C(=O)c2ccccc2Cl)C(=O)c2ccccc2C1=O. The molecule has 0 bridgehead atoms. The number of allylic oxidation sites excluding steroid dienone is 2. The molecule has 6 nitrogen and oxygen atoms in total. The number of methoxy groups -OCH3 is 1. The van der Waals surface area contributed by atoms with Gasteiger partial charge in [0.2, 0.25) is 11.6 Å². The van der Waals surface area contributed by atoms with Gasteiger partial charge in [-0.05, 0) is 24.3 Å². The lowest BCUT2D eigenvalue weighted by atomic mass is 9.90. The van der Waals surface area contributed by atoms with E-state index < -0.39 is 34.8 Å². The number of imide groups is 1. The van der Waals surface area contributed by atoms with Crippen LogP contribution in [0.5, 0.6) is 0 Å². The van der Waals surface area contributed by atoms with Crippen LogP contribution in [0.25, 0.3) is 0 Å². The van der Waals surface area contributed by atoms with Crippen molar-refractivity contribution in [3.63, 3.8) is 0 Å². The highest BCUT2D eigenvalue weighted by Gasteiger charge is 2.42. The average molecular weight is 480 g/mol. The molecule has 0 aromatic heterocycles. The molecule has 8 heteroatoms. The molecule has 0 spiro atoms. The number of rotatable bonds is 4. The van der Waals surface area contributed by atoms with Gasteiger partial charge in [0, 0.05) is 11.1 Å². The van der Waals surface area contributed by atoms with Crippen molar-refractivity contribution in [2.45, 2.75) is 0 Å². The second kappa shape index (κ2) is 9.02. The first-order valence-corrected chi connectivity index (χ1v) is 10.5. The number of Topliss-reactive ketones (excluding diaryl/α,β-unsaturated/α-hetero) is 2. The fourth-order valence-corrected chi connectivity index (χ4v) is 3.97. The van der Waals surface area contributed by atoms with E-state index in [9.17, 15) is 19.2 Å². The zero-order chi connectivity index (χ0) is 23.7. The molecule has 0 saturated heterocycles.